The van der Waals surface area contributed by atoms with Crippen molar-refractivity contribution in [3.05, 3.63) is 0 Å². The first-order chi connectivity index (χ1) is 8.67. The number of nitrogens with one attached hydrogen (secondary N) is 1. The van der Waals surface area contributed by atoms with Gasteiger partial charge in [-0.05, 0) is 38.3 Å². The standard InChI is InChI=1S/C15H32N2O/c1-5-10-18-14-8-7-9-17(11-14)12-15(13(3)4)16-6-2/h13-16H,5-12H2,1-4H3. The van der Waals surface area contributed by atoms with Gasteiger partial charge in [-0.2, -0.15) is 0 Å². The molecular weight excluding hydrogens is 224 g/mol. The Kier molecular flexibility index (Phi) is 7.87. The molecule has 1 saturated heterocycles. The van der Waals surface area contributed by atoms with E-state index in [9.17, 15) is 0 Å². The Morgan fingerprint density at radius 3 is 2.72 bits per heavy atom. The van der Waals surface area contributed by atoms with Crippen LogP contribution >= 0.6 is 0 Å². The van der Waals surface area contributed by atoms with Crippen LogP contribution in [-0.4, -0.2) is 49.8 Å². The summed E-state index contributed by atoms with van der Waals surface area (Å²) in [6.45, 7) is 14.5. The van der Waals surface area contributed by atoms with E-state index in [1.54, 1.807) is 0 Å². The molecule has 0 radical (unpaired) electrons. The Balaban J connectivity index is 2.35. The maximum atomic E-state index is 5.90. The van der Waals surface area contributed by atoms with Crippen LogP contribution in [0.1, 0.15) is 47.0 Å². The molecule has 1 heterocycles. The molecule has 1 fully saturated rings. The lowest BCUT2D eigenvalue weighted by Gasteiger charge is -2.36. The maximum absolute atomic E-state index is 5.90. The van der Waals surface area contributed by atoms with E-state index in [0.717, 1.165) is 32.7 Å². The lowest BCUT2D eigenvalue weighted by molar-refractivity contribution is -0.00345. The molecule has 2 atom stereocenters. The first-order valence-electron chi connectivity index (χ1n) is 7.74. The fourth-order valence-corrected chi connectivity index (χ4v) is 2.65. The van der Waals surface area contributed by atoms with E-state index >= 15 is 0 Å². The van der Waals surface area contributed by atoms with Crippen LogP contribution in [0.25, 0.3) is 0 Å². The van der Waals surface area contributed by atoms with Crippen molar-refractivity contribution in [1.82, 2.24) is 10.2 Å². The van der Waals surface area contributed by atoms with Crippen molar-refractivity contribution in [2.45, 2.75) is 59.1 Å². The van der Waals surface area contributed by atoms with Crippen LogP contribution in [-0.2, 0) is 4.74 Å². The third-order valence-electron chi connectivity index (χ3n) is 3.75. The van der Waals surface area contributed by atoms with Gasteiger partial charge in [0, 0.05) is 25.7 Å². The van der Waals surface area contributed by atoms with Gasteiger partial charge in [-0.25, -0.2) is 0 Å². The average Bonchev–Trinajstić information content (AvgIpc) is 2.36. The fourth-order valence-electron chi connectivity index (χ4n) is 2.65. The van der Waals surface area contributed by atoms with E-state index in [1.165, 1.54) is 19.4 Å². The van der Waals surface area contributed by atoms with Crippen molar-refractivity contribution in [3.8, 4) is 0 Å². The molecule has 0 saturated carbocycles. The van der Waals surface area contributed by atoms with Crippen LogP contribution in [0.3, 0.4) is 0 Å². The minimum atomic E-state index is 0.466. The molecule has 1 rings (SSSR count). The number of hydrogen-bond acceptors (Lipinski definition) is 3. The molecule has 2 unspecified atom stereocenters. The van der Waals surface area contributed by atoms with Crippen molar-refractivity contribution in [1.29, 1.82) is 0 Å². The van der Waals surface area contributed by atoms with E-state index in [-0.39, 0.29) is 0 Å². The molecule has 0 aromatic rings. The van der Waals surface area contributed by atoms with Crippen LogP contribution in [0.2, 0.25) is 0 Å². The van der Waals surface area contributed by atoms with Crippen LogP contribution < -0.4 is 5.32 Å². The lowest BCUT2D eigenvalue weighted by Crippen LogP contribution is -2.48. The molecule has 0 spiro atoms. The molecule has 18 heavy (non-hydrogen) atoms. The number of nitrogens with zero attached hydrogens (tertiary/aromatic N) is 1. The molecule has 108 valence electrons. The predicted molar refractivity (Wildman–Crippen MR) is 78.0 cm³/mol. The number of piperidine rings is 1. The first kappa shape index (κ1) is 15.9. The van der Waals surface area contributed by atoms with E-state index in [1.807, 2.05) is 0 Å². The molecule has 0 aliphatic carbocycles. The Morgan fingerprint density at radius 2 is 2.11 bits per heavy atom. The van der Waals surface area contributed by atoms with E-state index in [0.29, 0.717) is 18.1 Å². The summed E-state index contributed by atoms with van der Waals surface area (Å²) in [5, 5.41) is 3.60. The molecule has 3 nitrogen and oxygen atoms in total. The van der Waals surface area contributed by atoms with E-state index in [2.05, 4.69) is 37.9 Å². The molecule has 0 aromatic heterocycles. The Hall–Kier alpha value is -0.120. The van der Waals surface area contributed by atoms with Crippen LogP contribution in [0.15, 0.2) is 0 Å². The molecule has 0 bridgehead atoms. The third-order valence-corrected chi connectivity index (χ3v) is 3.75. The molecular formula is C15H32N2O. The highest BCUT2D eigenvalue weighted by Gasteiger charge is 2.23. The van der Waals surface area contributed by atoms with Gasteiger partial charge < -0.3 is 10.1 Å². The summed E-state index contributed by atoms with van der Waals surface area (Å²) >= 11 is 0. The van der Waals surface area contributed by atoms with Gasteiger partial charge in [0.1, 0.15) is 0 Å². The molecule has 1 aliphatic rings. The number of hydrogen-bond donors (Lipinski definition) is 1. The highest BCUT2D eigenvalue weighted by atomic mass is 16.5. The van der Waals surface area contributed by atoms with Gasteiger partial charge in [-0.1, -0.05) is 27.7 Å². The third kappa shape index (κ3) is 5.68. The summed E-state index contributed by atoms with van der Waals surface area (Å²) in [5.74, 6) is 0.696. The summed E-state index contributed by atoms with van der Waals surface area (Å²) < 4.78 is 5.90. The van der Waals surface area contributed by atoms with Gasteiger partial charge in [-0.15, -0.1) is 0 Å². The van der Waals surface area contributed by atoms with E-state index in [4.69, 9.17) is 4.74 Å². The monoisotopic (exact) mass is 256 g/mol. The van der Waals surface area contributed by atoms with Crippen molar-refractivity contribution in [3.63, 3.8) is 0 Å². The van der Waals surface area contributed by atoms with E-state index < -0.39 is 0 Å². The molecule has 1 N–H and O–H groups in total. The van der Waals surface area contributed by atoms with Gasteiger partial charge in [0.05, 0.1) is 6.10 Å². The number of rotatable bonds is 8. The second-order valence-electron chi connectivity index (χ2n) is 5.80. The quantitative estimate of drug-likeness (QED) is 0.722. The number of likely N-dealkylation sites (tertiary alicyclic amines) is 1. The second kappa shape index (κ2) is 8.89. The smallest absolute Gasteiger partial charge is 0.0702 e. The summed E-state index contributed by atoms with van der Waals surface area (Å²) in [6.07, 6.45) is 4.12. The highest BCUT2D eigenvalue weighted by molar-refractivity contribution is 4.80. The average molecular weight is 256 g/mol. The Bertz CT molecular complexity index is 209. The van der Waals surface area contributed by atoms with Crippen molar-refractivity contribution >= 4 is 0 Å². The minimum Gasteiger partial charge on any atom is -0.377 e. The largest absolute Gasteiger partial charge is 0.377 e. The van der Waals surface area contributed by atoms with Crippen molar-refractivity contribution < 1.29 is 4.74 Å². The molecule has 1 aliphatic heterocycles. The maximum Gasteiger partial charge on any atom is 0.0702 e. The lowest BCUT2D eigenvalue weighted by atomic mass is 10.0. The first-order valence-corrected chi connectivity index (χ1v) is 7.74. The zero-order valence-electron chi connectivity index (χ0n) is 12.7. The van der Waals surface area contributed by atoms with Crippen LogP contribution in [0.4, 0.5) is 0 Å². The SMILES string of the molecule is CCCOC1CCCN(CC(NCC)C(C)C)C1. The van der Waals surface area contributed by atoms with Gasteiger partial charge in [-0.3, -0.25) is 4.90 Å². The van der Waals surface area contributed by atoms with Gasteiger partial charge >= 0.3 is 0 Å². The second-order valence-corrected chi connectivity index (χ2v) is 5.80. The highest BCUT2D eigenvalue weighted by Crippen LogP contribution is 2.15. The van der Waals surface area contributed by atoms with Crippen LogP contribution in [0.5, 0.6) is 0 Å². The zero-order valence-corrected chi connectivity index (χ0v) is 12.7. The number of likely N-dealkylation sites (N-methyl/N-ethyl adjacent to an activating group) is 1. The van der Waals surface area contributed by atoms with Crippen molar-refractivity contribution in [2.75, 3.05) is 32.8 Å². The van der Waals surface area contributed by atoms with Gasteiger partial charge in [0.25, 0.3) is 0 Å². The Morgan fingerprint density at radius 1 is 1.33 bits per heavy atom. The Labute approximate surface area is 113 Å². The summed E-state index contributed by atoms with van der Waals surface area (Å²) in [5.41, 5.74) is 0. The van der Waals surface area contributed by atoms with Gasteiger partial charge in [0.15, 0.2) is 0 Å². The normalized spacial score (nSPS) is 23.5. The molecule has 0 aromatic carbocycles. The zero-order chi connectivity index (χ0) is 13.4. The predicted octanol–water partition coefficient (Wildman–Crippen LogP) is 2.51. The van der Waals surface area contributed by atoms with Crippen molar-refractivity contribution in [2.24, 2.45) is 5.92 Å². The summed E-state index contributed by atoms with van der Waals surface area (Å²) in [7, 11) is 0. The van der Waals surface area contributed by atoms with Gasteiger partial charge in [0.2, 0.25) is 0 Å². The molecule has 0 amide bonds. The number of ether oxygens (including phenoxy) is 1. The topological polar surface area (TPSA) is 24.5 Å². The fraction of sp³-hybridized carbons (Fsp3) is 1.00. The van der Waals surface area contributed by atoms with Crippen LogP contribution in [0, 0.1) is 5.92 Å². The minimum absolute atomic E-state index is 0.466. The summed E-state index contributed by atoms with van der Waals surface area (Å²) in [4.78, 5) is 2.58. The molecule has 3 heteroatoms. The summed E-state index contributed by atoms with van der Waals surface area (Å²) in [6, 6.07) is 0.611.